The zero-order valence-electron chi connectivity index (χ0n) is 11.0. The molecule has 2 rings (SSSR count). The van der Waals surface area contributed by atoms with Crippen LogP contribution in [0.1, 0.15) is 16.8 Å². The van der Waals surface area contributed by atoms with E-state index in [1.807, 2.05) is 0 Å². The molecular weight excluding hydrogens is 423 g/mol. The summed E-state index contributed by atoms with van der Waals surface area (Å²) in [5.74, 6) is -0.866. The maximum Gasteiger partial charge on any atom is 0.433 e. The molecule has 0 bridgehead atoms. The Bertz CT molecular complexity index is 755. The topological polar surface area (TPSA) is 28.7 Å². The first kappa shape index (κ1) is 18.6. The van der Waals surface area contributed by atoms with Crippen LogP contribution in [0, 0.1) is 0 Å². The van der Waals surface area contributed by atoms with Crippen molar-refractivity contribution in [2.45, 2.75) is 18.5 Å². The van der Waals surface area contributed by atoms with E-state index in [4.69, 9.17) is 0 Å². The van der Waals surface area contributed by atoms with Gasteiger partial charge in [-0.1, -0.05) is 6.07 Å². The van der Waals surface area contributed by atoms with Crippen molar-refractivity contribution in [2.75, 3.05) is 0 Å². The molecule has 1 aromatic heterocycles. The van der Waals surface area contributed by atoms with E-state index in [1.165, 1.54) is 0 Å². The molecule has 1 N–H and O–H groups in total. The Hall–Kier alpha value is -1.72. The molecule has 0 fully saturated rings. The van der Waals surface area contributed by atoms with Gasteiger partial charge in [0, 0.05) is 5.56 Å². The number of hydrogen-bond donors (Lipinski definition) is 1. The normalized spacial score (nSPS) is 13.4. The molecule has 0 atom stereocenters. The van der Waals surface area contributed by atoms with Gasteiger partial charge in [0.2, 0.25) is 0 Å². The fraction of sp³-hybridized carbons (Fsp3) is 0.250. The van der Waals surface area contributed by atoms with Gasteiger partial charge in [-0.15, -0.1) is 0 Å². The Morgan fingerprint density at radius 1 is 0.833 bits per heavy atom. The number of H-pyrrole nitrogens is 1. The molecule has 0 saturated carbocycles. The standard InChI is InChI=1S/C12H4BrF9N2/c13-8-7(12(20,21)22)23-9(24-8)5-2-1-4(10(14,15)16)3-6(5)11(17,18)19/h1-3H,(H,23,24). The summed E-state index contributed by atoms with van der Waals surface area (Å²) >= 11 is 2.45. The van der Waals surface area contributed by atoms with Crippen LogP contribution in [0.5, 0.6) is 0 Å². The van der Waals surface area contributed by atoms with Gasteiger partial charge in [0.05, 0.1) is 11.1 Å². The summed E-state index contributed by atoms with van der Waals surface area (Å²) in [7, 11) is 0. The minimum Gasteiger partial charge on any atom is -0.333 e. The van der Waals surface area contributed by atoms with Gasteiger partial charge in [-0.05, 0) is 28.1 Å². The van der Waals surface area contributed by atoms with E-state index in [-0.39, 0.29) is 6.07 Å². The van der Waals surface area contributed by atoms with E-state index in [9.17, 15) is 39.5 Å². The molecule has 2 aromatic rings. The molecule has 2 nitrogen and oxygen atoms in total. The Kier molecular flexibility index (Phi) is 4.40. The summed E-state index contributed by atoms with van der Waals surface area (Å²) in [4.78, 5) is 4.92. The molecule has 132 valence electrons. The predicted molar refractivity (Wildman–Crippen MR) is 66.7 cm³/mol. The number of rotatable bonds is 1. The van der Waals surface area contributed by atoms with Crippen molar-refractivity contribution in [3.8, 4) is 11.4 Å². The van der Waals surface area contributed by atoms with E-state index in [1.54, 1.807) is 4.98 Å². The summed E-state index contributed by atoms with van der Waals surface area (Å²) < 4.78 is 114. The lowest BCUT2D eigenvalue weighted by Crippen LogP contribution is -2.12. The second-order valence-electron chi connectivity index (χ2n) is 4.50. The van der Waals surface area contributed by atoms with Gasteiger partial charge in [0.1, 0.15) is 10.4 Å². The summed E-state index contributed by atoms with van der Waals surface area (Å²) in [6.07, 6.45) is -15.2. The summed E-state index contributed by atoms with van der Waals surface area (Å²) in [6, 6.07) is 0.560. The number of hydrogen-bond acceptors (Lipinski definition) is 1. The van der Waals surface area contributed by atoms with Crippen LogP contribution in [0.4, 0.5) is 39.5 Å². The SMILES string of the molecule is FC(F)(F)c1ccc(-c2nc(Br)c(C(F)(F)F)[nH]2)c(C(F)(F)F)c1. The van der Waals surface area contributed by atoms with Gasteiger partial charge in [-0.3, -0.25) is 0 Å². The molecular formula is C12H4BrF9N2. The fourth-order valence-corrected chi connectivity index (χ4v) is 2.33. The number of nitrogens with one attached hydrogen (secondary N) is 1. The van der Waals surface area contributed by atoms with Gasteiger partial charge in [-0.2, -0.15) is 39.5 Å². The van der Waals surface area contributed by atoms with Crippen molar-refractivity contribution >= 4 is 15.9 Å². The van der Waals surface area contributed by atoms with Crippen LogP contribution >= 0.6 is 15.9 Å². The number of aromatic amines is 1. The molecule has 1 heterocycles. The zero-order chi connectivity index (χ0) is 18.5. The van der Waals surface area contributed by atoms with Crippen molar-refractivity contribution in [1.82, 2.24) is 9.97 Å². The third-order valence-corrected chi connectivity index (χ3v) is 3.42. The molecule has 0 unspecified atom stereocenters. The minimum atomic E-state index is -5.23. The second-order valence-corrected chi connectivity index (χ2v) is 5.26. The predicted octanol–water partition coefficient (Wildman–Crippen LogP) is 5.90. The van der Waals surface area contributed by atoms with Crippen LogP contribution in [0.2, 0.25) is 0 Å². The van der Waals surface area contributed by atoms with Crippen molar-refractivity contribution in [3.63, 3.8) is 0 Å². The lowest BCUT2D eigenvalue weighted by Gasteiger charge is -2.14. The fourth-order valence-electron chi connectivity index (χ4n) is 1.83. The molecule has 0 aliphatic carbocycles. The second kappa shape index (κ2) is 5.67. The van der Waals surface area contributed by atoms with E-state index in [0.29, 0.717) is 12.1 Å². The molecule has 0 aliphatic heterocycles. The Balaban J connectivity index is 2.67. The number of halogens is 10. The first-order valence-electron chi connectivity index (χ1n) is 5.83. The highest BCUT2D eigenvalue weighted by atomic mass is 79.9. The minimum absolute atomic E-state index is 0.182. The smallest absolute Gasteiger partial charge is 0.333 e. The quantitative estimate of drug-likeness (QED) is 0.565. The van der Waals surface area contributed by atoms with Crippen LogP contribution in [-0.2, 0) is 18.5 Å². The van der Waals surface area contributed by atoms with Gasteiger partial charge >= 0.3 is 18.5 Å². The van der Waals surface area contributed by atoms with Crippen molar-refractivity contribution in [1.29, 1.82) is 0 Å². The Labute approximate surface area is 135 Å². The highest BCUT2D eigenvalue weighted by Gasteiger charge is 2.40. The number of benzene rings is 1. The number of imidazole rings is 1. The summed E-state index contributed by atoms with van der Waals surface area (Å²) in [5, 5.41) is 0. The summed E-state index contributed by atoms with van der Waals surface area (Å²) in [5.41, 5.74) is -5.73. The van der Waals surface area contributed by atoms with Crippen molar-refractivity contribution in [2.24, 2.45) is 0 Å². The average molecular weight is 427 g/mol. The van der Waals surface area contributed by atoms with E-state index in [0.717, 1.165) is 0 Å². The number of nitrogens with zero attached hydrogens (tertiary/aromatic N) is 1. The molecule has 24 heavy (non-hydrogen) atoms. The molecule has 0 spiro atoms. The van der Waals surface area contributed by atoms with Crippen molar-refractivity contribution in [3.05, 3.63) is 39.6 Å². The van der Waals surface area contributed by atoms with E-state index < -0.39 is 51.3 Å². The molecule has 0 amide bonds. The lowest BCUT2D eigenvalue weighted by atomic mass is 10.0. The van der Waals surface area contributed by atoms with Gasteiger partial charge in [0.15, 0.2) is 5.69 Å². The molecule has 0 aliphatic rings. The Morgan fingerprint density at radius 3 is 1.83 bits per heavy atom. The molecule has 0 saturated heterocycles. The zero-order valence-corrected chi connectivity index (χ0v) is 12.5. The van der Waals surface area contributed by atoms with Gasteiger partial charge < -0.3 is 4.98 Å². The molecule has 1 aromatic carbocycles. The third-order valence-electron chi connectivity index (χ3n) is 2.85. The maximum absolute atomic E-state index is 13.0. The van der Waals surface area contributed by atoms with Gasteiger partial charge in [0.25, 0.3) is 0 Å². The highest BCUT2D eigenvalue weighted by molar-refractivity contribution is 9.10. The Morgan fingerprint density at radius 2 is 1.42 bits per heavy atom. The molecule has 12 heteroatoms. The molecule has 0 radical (unpaired) electrons. The number of alkyl halides is 9. The highest BCUT2D eigenvalue weighted by Crippen LogP contribution is 2.42. The maximum atomic E-state index is 13.0. The number of aromatic nitrogens is 2. The van der Waals surface area contributed by atoms with E-state index in [2.05, 4.69) is 20.9 Å². The third kappa shape index (κ3) is 3.68. The van der Waals surface area contributed by atoms with Crippen LogP contribution in [0.25, 0.3) is 11.4 Å². The van der Waals surface area contributed by atoms with Crippen molar-refractivity contribution < 1.29 is 39.5 Å². The largest absolute Gasteiger partial charge is 0.433 e. The van der Waals surface area contributed by atoms with Gasteiger partial charge in [-0.25, -0.2) is 4.98 Å². The first-order valence-corrected chi connectivity index (χ1v) is 6.62. The van der Waals surface area contributed by atoms with E-state index >= 15 is 0 Å². The van der Waals surface area contributed by atoms with Crippen LogP contribution in [0.3, 0.4) is 0 Å². The summed E-state index contributed by atoms with van der Waals surface area (Å²) in [6.45, 7) is 0. The average Bonchev–Trinajstić information content (AvgIpc) is 2.78. The van der Waals surface area contributed by atoms with Crippen LogP contribution in [-0.4, -0.2) is 9.97 Å². The van der Waals surface area contributed by atoms with Crippen LogP contribution in [0.15, 0.2) is 22.8 Å². The lowest BCUT2D eigenvalue weighted by molar-refractivity contribution is -0.143. The van der Waals surface area contributed by atoms with Crippen LogP contribution < -0.4 is 0 Å². The first-order chi connectivity index (χ1) is 10.7. The monoisotopic (exact) mass is 426 g/mol.